The van der Waals surface area contributed by atoms with Crippen molar-refractivity contribution in [2.45, 2.75) is 24.6 Å². The van der Waals surface area contributed by atoms with Crippen LogP contribution in [0.25, 0.3) is 0 Å². The van der Waals surface area contributed by atoms with Crippen LogP contribution in [0.15, 0.2) is 35.3 Å². The van der Waals surface area contributed by atoms with Gasteiger partial charge in [0.1, 0.15) is 0 Å². The molecule has 0 saturated carbocycles. The number of benzene rings is 1. The number of amides is 1. The van der Waals surface area contributed by atoms with Gasteiger partial charge in [-0.05, 0) is 24.2 Å². The van der Waals surface area contributed by atoms with Crippen molar-refractivity contribution < 1.29 is 4.79 Å². The normalized spacial score (nSPS) is 17.3. The van der Waals surface area contributed by atoms with E-state index in [0.29, 0.717) is 17.8 Å². The summed E-state index contributed by atoms with van der Waals surface area (Å²) in [6.07, 6.45) is 2.55. The van der Waals surface area contributed by atoms with E-state index in [1.807, 2.05) is 42.1 Å². The van der Waals surface area contributed by atoms with Crippen LogP contribution in [0, 0.1) is 0 Å². The van der Waals surface area contributed by atoms with Gasteiger partial charge in [0, 0.05) is 25.4 Å². The van der Waals surface area contributed by atoms with Gasteiger partial charge >= 0.3 is 0 Å². The molecule has 2 rings (SSSR count). The number of hydrogen-bond donors (Lipinski definition) is 3. The van der Waals surface area contributed by atoms with Crippen LogP contribution in [0.5, 0.6) is 0 Å². The van der Waals surface area contributed by atoms with Crippen LogP contribution in [0.1, 0.15) is 18.4 Å². The fourth-order valence-electron chi connectivity index (χ4n) is 2.26. The number of rotatable bonds is 6. The first kappa shape index (κ1) is 20.1. The van der Waals surface area contributed by atoms with Gasteiger partial charge in [-0.2, -0.15) is 11.8 Å². The SMILES string of the molecule is CN=C(NCC(=O)NCc1ccccc1)NCC1CCCS1.I. The topological polar surface area (TPSA) is 65.5 Å². The Bertz CT molecular complexity index is 492. The molecular formula is C16H25IN4OS. The Kier molecular flexibility index (Phi) is 10.1. The summed E-state index contributed by atoms with van der Waals surface area (Å²) in [6, 6.07) is 9.88. The number of guanidine groups is 1. The molecule has 23 heavy (non-hydrogen) atoms. The van der Waals surface area contributed by atoms with Crippen molar-refractivity contribution in [1.82, 2.24) is 16.0 Å². The Morgan fingerprint density at radius 2 is 2.04 bits per heavy atom. The molecule has 5 nitrogen and oxygen atoms in total. The molecule has 1 saturated heterocycles. The molecule has 1 amide bonds. The molecule has 0 aliphatic carbocycles. The summed E-state index contributed by atoms with van der Waals surface area (Å²) in [5.74, 6) is 1.89. The summed E-state index contributed by atoms with van der Waals surface area (Å²) in [4.78, 5) is 16.0. The lowest BCUT2D eigenvalue weighted by molar-refractivity contribution is -0.120. The number of carbonyl (C=O) groups excluding carboxylic acids is 1. The Hall–Kier alpha value is -0.960. The lowest BCUT2D eigenvalue weighted by atomic mass is 10.2. The molecule has 3 N–H and O–H groups in total. The second-order valence-corrected chi connectivity index (χ2v) is 6.61. The largest absolute Gasteiger partial charge is 0.355 e. The third-order valence-corrected chi connectivity index (χ3v) is 4.89. The maximum Gasteiger partial charge on any atom is 0.239 e. The maximum absolute atomic E-state index is 11.8. The number of halogens is 1. The molecule has 1 aliphatic rings. The van der Waals surface area contributed by atoms with Gasteiger partial charge in [0.05, 0.1) is 6.54 Å². The molecule has 1 heterocycles. The molecule has 7 heteroatoms. The van der Waals surface area contributed by atoms with Crippen LogP contribution in [-0.2, 0) is 11.3 Å². The van der Waals surface area contributed by atoms with Crippen LogP contribution >= 0.6 is 35.7 Å². The standard InChI is InChI=1S/C16H24N4OS.HI/c1-17-16(19-11-14-8-5-9-22-14)20-12-15(21)18-10-13-6-3-2-4-7-13;/h2-4,6-7,14H,5,8-12H2,1H3,(H,18,21)(H2,17,19,20);1H. The second-order valence-electron chi connectivity index (χ2n) is 5.20. The predicted octanol–water partition coefficient (Wildman–Crippen LogP) is 1.98. The molecule has 128 valence electrons. The number of nitrogens with one attached hydrogen (secondary N) is 3. The first-order valence-electron chi connectivity index (χ1n) is 7.64. The lowest BCUT2D eigenvalue weighted by Gasteiger charge is -2.14. The average molecular weight is 448 g/mol. The van der Waals surface area contributed by atoms with Crippen molar-refractivity contribution in [2.75, 3.05) is 25.9 Å². The highest BCUT2D eigenvalue weighted by molar-refractivity contribution is 14.0. The highest BCUT2D eigenvalue weighted by Gasteiger charge is 2.15. The van der Waals surface area contributed by atoms with Gasteiger partial charge in [0.25, 0.3) is 0 Å². The molecule has 0 radical (unpaired) electrons. The lowest BCUT2D eigenvalue weighted by Crippen LogP contribution is -2.44. The number of nitrogens with zero attached hydrogens (tertiary/aromatic N) is 1. The Balaban J connectivity index is 0.00000264. The van der Waals surface area contributed by atoms with E-state index in [9.17, 15) is 4.79 Å². The first-order valence-corrected chi connectivity index (χ1v) is 8.69. The van der Waals surface area contributed by atoms with Crippen molar-refractivity contribution in [3.05, 3.63) is 35.9 Å². The van der Waals surface area contributed by atoms with Crippen LogP contribution in [0.3, 0.4) is 0 Å². The molecule has 1 aliphatic heterocycles. The van der Waals surface area contributed by atoms with E-state index < -0.39 is 0 Å². The summed E-state index contributed by atoms with van der Waals surface area (Å²) < 4.78 is 0. The Morgan fingerprint density at radius 1 is 1.26 bits per heavy atom. The molecule has 1 unspecified atom stereocenters. The summed E-state index contributed by atoms with van der Waals surface area (Å²) in [7, 11) is 1.72. The summed E-state index contributed by atoms with van der Waals surface area (Å²) in [5, 5.41) is 9.87. The van der Waals surface area contributed by atoms with E-state index in [0.717, 1.165) is 12.1 Å². The summed E-state index contributed by atoms with van der Waals surface area (Å²) in [5.41, 5.74) is 1.09. The minimum absolute atomic E-state index is 0. The zero-order valence-corrected chi connectivity index (χ0v) is 16.5. The quantitative estimate of drug-likeness (QED) is 0.354. The van der Waals surface area contributed by atoms with Gasteiger partial charge < -0.3 is 16.0 Å². The van der Waals surface area contributed by atoms with Gasteiger partial charge in [-0.15, -0.1) is 24.0 Å². The number of aliphatic imine (C=N–C) groups is 1. The fourth-order valence-corrected chi connectivity index (χ4v) is 3.46. The molecule has 0 aromatic heterocycles. The smallest absolute Gasteiger partial charge is 0.239 e. The van der Waals surface area contributed by atoms with E-state index >= 15 is 0 Å². The van der Waals surface area contributed by atoms with Gasteiger partial charge in [0.15, 0.2) is 5.96 Å². The van der Waals surface area contributed by atoms with Gasteiger partial charge in [-0.3, -0.25) is 9.79 Å². The first-order chi connectivity index (χ1) is 10.8. The van der Waals surface area contributed by atoms with Gasteiger partial charge in [-0.1, -0.05) is 30.3 Å². The van der Waals surface area contributed by atoms with Gasteiger partial charge in [0.2, 0.25) is 5.91 Å². The second kappa shape index (κ2) is 11.6. The molecule has 0 spiro atoms. The predicted molar refractivity (Wildman–Crippen MR) is 109 cm³/mol. The highest BCUT2D eigenvalue weighted by Crippen LogP contribution is 2.25. The third-order valence-electron chi connectivity index (χ3n) is 3.49. The minimum Gasteiger partial charge on any atom is -0.355 e. The van der Waals surface area contributed by atoms with Crippen molar-refractivity contribution in [1.29, 1.82) is 0 Å². The van der Waals surface area contributed by atoms with E-state index in [2.05, 4.69) is 20.9 Å². The molecule has 1 atom stereocenters. The zero-order valence-electron chi connectivity index (χ0n) is 13.4. The Morgan fingerprint density at radius 3 is 2.70 bits per heavy atom. The molecule has 1 aromatic carbocycles. The van der Waals surface area contributed by atoms with Crippen LogP contribution in [0.4, 0.5) is 0 Å². The summed E-state index contributed by atoms with van der Waals surface area (Å²) >= 11 is 2.00. The van der Waals surface area contributed by atoms with Gasteiger partial charge in [-0.25, -0.2) is 0 Å². The summed E-state index contributed by atoms with van der Waals surface area (Å²) in [6.45, 7) is 1.67. The minimum atomic E-state index is -0.0398. The third kappa shape index (κ3) is 7.92. The molecule has 0 bridgehead atoms. The van der Waals surface area contributed by atoms with E-state index in [1.165, 1.54) is 18.6 Å². The molecule has 1 aromatic rings. The fraction of sp³-hybridized carbons (Fsp3) is 0.500. The number of carbonyl (C=O) groups is 1. The van der Waals surface area contributed by atoms with Crippen LogP contribution in [-0.4, -0.2) is 43.0 Å². The van der Waals surface area contributed by atoms with Crippen molar-refractivity contribution in [2.24, 2.45) is 4.99 Å². The Labute approximate surface area is 159 Å². The monoisotopic (exact) mass is 448 g/mol. The van der Waals surface area contributed by atoms with Crippen LogP contribution in [0.2, 0.25) is 0 Å². The average Bonchev–Trinajstić information content (AvgIpc) is 3.07. The maximum atomic E-state index is 11.8. The van der Waals surface area contributed by atoms with Crippen molar-refractivity contribution in [3.63, 3.8) is 0 Å². The van der Waals surface area contributed by atoms with E-state index in [1.54, 1.807) is 7.05 Å². The van der Waals surface area contributed by atoms with E-state index in [4.69, 9.17) is 0 Å². The van der Waals surface area contributed by atoms with Crippen LogP contribution < -0.4 is 16.0 Å². The number of thioether (sulfide) groups is 1. The number of hydrogen-bond acceptors (Lipinski definition) is 3. The molecule has 1 fully saturated rings. The molecular weight excluding hydrogens is 423 g/mol. The zero-order chi connectivity index (χ0) is 15.6. The van der Waals surface area contributed by atoms with Crippen molar-refractivity contribution >= 4 is 47.6 Å². The highest BCUT2D eigenvalue weighted by atomic mass is 127. The van der Waals surface area contributed by atoms with E-state index in [-0.39, 0.29) is 36.4 Å². The van der Waals surface area contributed by atoms with Crippen molar-refractivity contribution in [3.8, 4) is 0 Å².